The van der Waals surface area contributed by atoms with Crippen molar-refractivity contribution in [1.29, 1.82) is 0 Å². The van der Waals surface area contributed by atoms with Gasteiger partial charge in [0.15, 0.2) is 17.1 Å². The second-order valence-corrected chi connectivity index (χ2v) is 7.91. The molecule has 2 aliphatic heterocycles. The molecule has 0 saturated carbocycles. The van der Waals surface area contributed by atoms with Gasteiger partial charge in [0.1, 0.15) is 12.4 Å². The summed E-state index contributed by atoms with van der Waals surface area (Å²) in [6.07, 6.45) is 0.313. The molecule has 0 aliphatic carbocycles. The normalized spacial score (nSPS) is 18.5. The van der Waals surface area contributed by atoms with Crippen molar-refractivity contribution in [3.63, 3.8) is 0 Å². The van der Waals surface area contributed by atoms with E-state index in [4.69, 9.17) is 18.9 Å². The summed E-state index contributed by atoms with van der Waals surface area (Å²) < 4.78 is 22.0. The third-order valence-electron chi connectivity index (χ3n) is 5.50. The van der Waals surface area contributed by atoms with E-state index < -0.39 is 11.6 Å². The van der Waals surface area contributed by atoms with E-state index in [-0.39, 0.29) is 12.7 Å². The Morgan fingerprint density at radius 2 is 1.88 bits per heavy atom. The lowest BCUT2D eigenvalue weighted by molar-refractivity contribution is -0.134. The number of carbonyl (C=O) groups is 2. The summed E-state index contributed by atoms with van der Waals surface area (Å²) in [4.78, 5) is 25.4. The van der Waals surface area contributed by atoms with Crippen molar-refractivity contribution in [3.8, 4) is 17.2 Å². The van der Waals surface area contributed by atoms with Gasteiger partial charge in [0, 0.05) is 18.2 Å². The van der Waals surface area contributed by atoms with Gasteiger partial charge in [-0.15, -0.1) is 0 Å². The van der Waals surface area contributed by atoms with Gasteiger partial charge < -0.3 is 24.3 Å². The fourth-order valence-electron chi connectivity index (χ4n) is 3.79. The Labute approximate surface area is 184 Å². The Balaban J connectivity index is 1.26. The van der Waals surface area contributed by atoms with Crippen LogP contribution in [0.5, 0.6) is 17.2 Å². The van der Waals surface area contributed by atoms with E-state index in [0.29, 0.717) is 41.5 Å². The summed E-state index contributed by atoms with van der Waals surface area (Å²) in [5.41, 5.74) is 1.48. The number of amides is 1. The van der Waals surface area contributed by atoms with Crippen LogP contribution in [0.3, 0.4) is 0 Å². The number of esters is 1. The number of hydrogen-bond donors (Lipinski definition) is 1. The van der Waals surface area contributed by atoms with Gasteiger partial charge in [0.2, 0.25) is 6.79 Å². The predicted octanol–water partition coefficient (Wildman–Crippen LogP) is 4.10. The fourth-order valence-corrected chi connectivity index (χ4v) is 3.79. The van der Waals surface area contributed by atoms with Crippen molar-refractivity contribution in [2.24, 2.45) is 0 Å². The van der Waals surface area contributed by atoms with Crippen LogP contribution in [-0.2, 0) is 22.6 Å². The van der Waals surface area contributed by atoms with E-state index >= 15 is 0 Å². The van der Waals surface area contributed by atoms with Crippen molar-refractivity contribution >= 4 is 17.6 Å². The summed E-state index contributed by atoms with van der Waals surface area (Å²) in [7, 11) is 0. The highest BCUT2D eigenvalue weighted by Gasteiger charge is 2.42. The highest BCUT2D eigenvalue weighted by molar-refractivity contribution is 6.02. The predicted molar refractivity (Wildman–Crippen MR) is 116 cm³/mol. The van der Waals surface area contributed by atoms with Crippen molar-refractivity contribution in [1.82, 2.24) is 0 Å². The van der Waals surface area contributed by atoms with E-state index in [1.165, 1.54) is 0 Å². The summed E-state index contributed by atoms with van der Waals surface area (Å²) >= 11 is 0. The molecule has 7 nitrogen and oxygen atoms in total. The first kappa shape index (κ1) is 19.9. The van der Waals surface area contributed by atoms with Crippen LogP contribution < -0.4 is 19.5 Å². The minimum Gasteiger partial charge on any atom is -0.489 e. The Morgan fingerprint density at radius 3 is 2.78 bits per heavy atom. The number of cyclic esters (lactones) is 1. The highest BCUT2D eigenvalue weighted by atomic mass is 16.7. The van der Waals surface area contributed by atoms with E-state index in [1.807, 2.05) is 36.4 Å². The molecule has 7 heteroatoms. The number of rotatable bonds is 5. The third kappa shape index (κ3) is 3.85. The van der Waals surface area contributed by atoms with Gasteiger partial charge in [-0.2, -0.15) is 0 Å². The minimum atomic E-state index is -1.29. The molecule has 0 saturated heterocycles. The average molecular weight is 431 g/mol. The van der Waals surface area contributed by atoms with Gasteiger partial charge in [-0.05, 0) is 48.4 Å². The third-order valence-corrected chi connectivity index (χ3v) is 5.50. The molecule has 3 aromatic rings. The van der Waals surface area contributed by atoms with Crippen molar-refractivity contribution < 1.29 is 28.5 Å². The fraction of sp³-hybridized carbons (Fsp3) is 0.200. The summed E-state index contributed by atoms with van der Waals surface area (Å²) in [5.74, 6) is 1.13. The van der Waals surface area contributed by atoms with Crippen LogP contribution in [0.1, 0.15) is 28.4 Å². The Morgan fingerprint density at radius 1 is 1.03 bits per heavy atom. The molecule has 5 rings (SSSR count). The largest absolute Gasteiger partial charge is 0.489 e. The van der Waals surface area contributed by atoms with E-state index in [1.54, 1.807) is 37.3 Å². The molecule has 0 radical (unpaired) electrons. The van der Waals surface area contributed by atoms with Gasteiger partial charge in [-0.1, -0.05) is 30.3 Å². The molecule has 0 aromatic heterocycles. The monoisotopic (exact) mass is 431 g/mol. The van der Waals surface area contributed by atoms with Crippen LogP contribution in [0, 0.1) is 0 Å². The molecule has 1 unspecified atom stereocenters. The molecule has 1 amide bonds. The molecule has 1 atom stereocenters. The Hall–Kier alpha value is -4.00. The lowest BCUT2D eigenvalue weighted by Gasteiger charge is -2.33. The molecule has 0 spiro atoms. The molecule has 0 fully saturated rings. The van der Waals surface area contributed by atoms with Gasteiger partial charge >= 0.3 is 5.97 Å². The topological polar surface area (TPSA) is 83.1 Å². The standard InChI is InChI=1S/C25H21NO6/c1-25(13-17-6-2-3-8-20(17)23(27)32-25)24(28)26-18-7-4-5-16(11-18)14-29-19-9-10-21-22(12-19)31-15-30-21/h2-12H,13-15H2,1H3,(H,26,28). The summed E-state index contributed by atoms with van der Waals surface area (Å²) in [5, 5.41) is 2.87. The zero-order chi connectivity index (χ0) is 22.1. The zero-order valence-electron chi connectivity index (χ0n) is 17.4. The number of fused-ring (bicyclic) bond motifs is 2. The Bertz CT molecular complexity index is 1210. The van der Waals surface area contributed by atoms with Crippen LogP contribution >= 0.6 is 0 Å². The van der Waals surface area contributed by atoms with Crippen molar-refractivity contribution in [2.45, 2.75) is 25.6 Å². The molecule has 1 N–H and O–H groups in total. The van der Waals surface area contributed by atoms with Gasteiger partial charge in [0.25, 0.3) is 5.91 Å². The number of carbonyl (C=O) groups excluding carboxylic acids is 2. The maximum atomic E-state index is 13.0. The van der Waals surface area contributed by atoms with Crippen molar-refractivity contribution in [2.75, 3.05) is 12.1 Å². The molecule has 32 heavy (non-hydrogen) atoms. The zero-order valence-corrected chi connectivity index (χ0v) is 17.4. The SMILES string of the molecule is CC1(C(=O)Nc2cccc(COc3ccc4c(c3)OCO4)c2)Cc2ccccc2C(=O)O1. The van der Waals surface area contributed by atoms with Crippen LogP contribution in [-0.4, -0.2) is 24.3 Å². The second-order valence-electron chi connectivity index (χ2n) is 7.91. The number of ether oxygens (including phenoxy) is 4. The first-order valence-corrected chi connectivity index (χ1v) is 10.2. The summed E-state index contributed by atoms with van der Waals surface area (Å²) in [6.45, 7) is 2.14. The molecule has 2 heterocycles. The van der Waals surface area contributed by atoms with Crippen LogP contribution in [0.25, 0.3) is 0 Å². The summed E-state index contributed by atoms with van der Waals surface area (Å²) in [6, 6.07) is 19.9. The molecule has 2 aliphatic rings. The lowest BCUT2D eigenvalue weighted by atomic mass is 9.89. The first-order chi connectivity index (χ1) is 15.5. The maximum absolute atomic E-state index is 13.0. The number of anilines is 1. The number of nitrogens with one attached hydrogen (secondary N) is 1. The van der Waals surface area contributed by atoms with Gasteiger partial charge in [-0.3, -0.25) is 4.79 Å². The molecular weight excluding hydrogens is 410 g/mol. The molecule has 3 aromatic carbocycles. The minimum absolute atomic E-state index is 0.209. The van der Waals surface area contributed by atoms with Crippen LogP contribution in [0.4, 0.5) is 5.69 Å². The van der Waals surface area contributed by atoms with E-state index in [0.717, 1.165) is 11.1 Å². The molecular formula is C25H21NO6. The van der Waals surface area contributed by atoms with E-state index in [9.17, 15) is 9.59 Å². The Kier molecular flexibility index (Phi) is 4.93. The van der Waals surface area contributed by atoms with E-state index in [2.05, 4.69) is 5.32 Å². The van der Waals surface area contributed by atoms with Crippen LogP contribution in [0.15, 0.2) is 66.7 Å². The number of hydrogen-bond acceptors (Lipinski definition) is 6. The quantitative estimate of drug-likeness (QED) is 0.613. The van der Waals surface area contributed by atoms with Gasteiger partial charge in [-0.25, -0.2) is 4.79 Å². The smallest absolute Gasteiger partial charge is 0.339 e. The maximum Gasteiger partial charge on any atom is 0.339 e. The average Bonchev–Trinajstić information content (AvgIpc) is 3.26. The molecule has 162 valence electrons. The molecule has 0 bridgehead atoms. The van der Waals surface area contributed by atoms with Crippen molar-refractivity contribution in [3.05, 3.63) is 83.4 Å². The first-order valence-electron chi connectivity index (χ1n) is 10.2. The van der Waals surface area contributed by atoms with Crippen LogP contribution in [0.2, 0.25) is 0 Å². The second kappa shape index (κ2) is 7.92. The highest BCUT2D eigenvalue weighted by Crippen LogP contribution is 2.35. The van der Waals surface area contributed by atoms with Gasteiger partial charge in [0.05, 0.1) is 5.56 Å². The lowest BCUT2D eigenvalue weighted by Crippen LogP contribution is -2.48. The number of benzene rings is 3.